The van der Waals surface area contributed by atoms with Gasteiger partial charge in [0, 0.05) is 18.4 Å². The minimum Gasteiger partial charge on any atom is -0.383 e. The molecule has 1 spiro atoms. The Morgan fingerprint density at radius 2 is 1.77 bits per heavy atom. The summed E-state index contributed by atoms with van der Waals surface area (Å²) in [6.07, 6.45) is -2.18. The van der Waals surface area contributed by atoms with Gasteiger partial charge in [-0.15, -0.1) is 0 Å². The zero-order chi connectivity index (χ0) is 27.8. The van der Waals surface area contributed by atoms with E-state index < -0.39 is 36.3 Å². The number of aromatic nitrogens is 2. The van der Waals surface area contributed by atoms with Gasteiger partial charge in [0.1, 0.15) is 18.9 Å². The fraction of sp³-hybridized carbons (Fsp3) is 0.333. The standard InChI is InChI=1S/C27H27F3N6O3/c28-27(29,30)17-32-23(37)16-36-21-7-6-19(35-11-8-22(31)33-25(35)39)14-20(21)26(24(36)38)9-12-34(13-10-26)15-18-4-2-1-3-5-18/h1-8,11,14H,9-10,12-13,15-17H2,(H,32,37)(H2,31,33,39). The van der Waals surface area contributed by atoms with Gasteiger partial charge in [-0.25, -0.2) is 4.79 Å². The summed E-state index contributed by atoms with van der Waals surface area (Å²) in [7, 11) is 0. The van der Waals surface area contributed by atoms with Crippen molar-refractivity contribution in [3.05, 3.63) is 82.4 Å². The molecule has 2 aliphatic heterocycles. The molecular formula is C27H27F3N6O3. The number of anilines is 2. The van der Waals surface area contributed by atoms with E-state index in [1.165, 1.54) is 21.7 Å². The summed E-state index contributed by atoms with van der Waals surface area (Å²) >= 11 is 0. The molecule has 204 valence electrons. The number of nitrogens with two attached hydrogens (primary N) is 1. The van der Waals surface area contributed by atoms with Crippen LogP contribution in [-0.2, 0) is 21.5 Å². The largest absolute Gasteiger partial charge is 0.405 e. The lowest BCUT2D eigenvalue weighted by molar-refractivity contribution is -0.138. The zero-order valence-electron chi connectivity index (χ0n) is 20.9. The van der Waals surface area contributed by atoms with Crippen molar-refractivity contribution in [2.24, 2.45) is 0 Å². The van der Waals surface area contributed by atoms with Crippen LogP contribution in [-0.4, -0.2) is 58.6 Å². The molecule has 12 heteroatoms. The normalized spacial score (nSPS) is 16.9. The second-order valence-electron chi connectivity index (χ2n) is 9.83. The second kappa shape index (κ2) is 10.2. The molecule has 2 aliphatic rings. The maximum absolute atomic E-state index is 13.9. The van der Waals surface area contributed by atoms with E-state index in [0.29, 0.717) is 49.4 Å². The van der Waals surface area contributed by atoms with Gasteiger partial charge in [-0.3, -0.25) is 19.1 Å². The smallest absolute Gasteiger partial charge is 0.383 e. The molecule has 3 heterocycles. The molecule has 0 saturated carbocycles. The lowest BCUT2D eigenvalue weighted by Crippen LogP contribution is -2.50. The third kappa shape index (κ3) is 5.37. The third-order valence-corrected chi connectivity index (χ3v) is 7.29. The van der Waals surface area contributed by atoms with Crippen molar-refractivity contribution in [1.29, 1.82) is 0 Å². The molecule has 0 unspecified atom stereocenters. The lowest BCUT2D eigenvalue weighted by Gasteiger charge is -2.38. The third-order valence-electron chi connectivity index (χ3n) is 7.29. The van der Waals surface area contributed by atoms with Crippen LogP contribution in [0.3, 0.4) is 0 Å². The molecule has 9 nitrogen and oxygen atoms in total. The van der Waals surface area contributed by atoms with E-state index in [9.17, 15) is 27.6 Å². The van der Waals surface area contributed by atoms with Crippen molar-refractivity contribution in [3.8, 4) is 5.69 Å². The van der Waals surface area contributed by atoms with Gasteiger partial charge in [-0.1, -0.05) is 30.3 Å². The topological polar surface area (TPSA) is 114 Å². The number of nitrogens with zero attached hydrogens (tertiary/aromatic N) is 4. The first-order valence-corrected chi connectivity index (χ1v) is 12.5. The van der Waals surface area contributed by atoms with Crippen LogP contribution >= 0.6 is 0 Å². The number of benzene rings is 2. The van der Waals surface area contributed by atoms with Crippen molar-refractivity contribution < 1.29 is 22.8 Å². The number of nitrogen functional groups attached to an aromatic ring is 1. The van der Waals surface area contributed by atoms with Crippen LogP contribution in [0.2, 0.25) is 0 Å². The van der Waals surface area contributed by atoms with E-state index in [1.54, 1.807) is 18.2 Å². The number of amides is 2. The summed E-state index contributed by atoms with van der Waals surface area (Å²) in [4.78, 5) is 46.1. The molecule has 5 rings (SSSR count). The quantitative estimate of drug-likeness (QED) is 0.497. The Hall–Kier alpha value is -4.19. The molecule has 1 aromatic heterocycles. The summed E-state index contributed by atoms with van der Waals surface area (Å²) in [6.45, 7) is -0.107. The predicted molar refractivity (Wildman–Crippen MR) is 138 cm³/mol. The van der Waals surface area contributed by atoms with Crippen LogP contribution < -0.4 is 21.6 Å². The first-order chi connectivity index (χ1) is 18.6. The number of carbonyl (C=O) groups excluding carboxylic acids is 2. The Labute approximate surface area is 222 Å². The number of halogens is 3. The molecular weight excluding hydrogens is 513 g/mol. The van der Waals surface area contributed by atoms with E-state index in [2.05, 4.69) is 9.88 Å². The average Bonchev–Trinajstić information content (AvgIpc) is 3.11. The van der Waals surface area contributed by atoms with Crippen LogP contribution in [0.5, 0.6) is 0 Å². The number of likely N-dealkylation sites (tertiary alicyclic amines) is 1. The van der Waals surface area contributed by atoms with Crippen LogP contribution in [0.1, 0.15) is 24.0 Å². The van der Waals surface area contributed by atoms with E-state index >= 15 is 0 Å². The van der Waals surface area contributed by atoms with Crippen molar-refractivity contribution in [1.82, 2.24) is 19.8 Å². The van der Waals surface area contributed by atoms with Crippen LogP contribution in [0.15, 0.2) is 65.6 Å². The molecule has 3 aromatic rings. The van der Waals surface area contributed by atoms with Crippen molar-refractivity contribution in [3.63, 3.8) is 0 Å². The molecule has 39 heavy (non-hydrogen) atoms. The molecule has 0 aliphatic carbocycles. The van der Waals surface area contributed by atoms with Gasteiger partial charge in [0.25, 0.3) is 0 Å². The minimum atomic E-state index is -4.56. The second-order valence-corrected chi connectivity index (χ2v) is 9.83. The number of carbonyl (C=O) groups is 2. The predicted octanol–water partition coefficient (Wildman–Crippen LogP) is 2.37. The summed E-state index contributed by atoms with van der Waals surface area (Å²) in [6, 6.07) is 16.4. The van der Waals surface area contributed by atoms with Gasteiger partial charge >= 0.3 is 11.9 Å². The molecule has 1 saturated heterocycles. The Morgan fingerprint density at radius 3 is 2.44 bits per heavy atom. The van der Waals surface area contributed by atoms with Crippen molar-refractivity contribution in [2.45, 2.75) is 31.0 Å². The van der Waals surface area contributed by atoms with Gasteiger partial charge in [0.15, 0.2) is 0 Å². The first-order valence-electron chi connectivity index (χ1n) is 12.5. The molecule has 0 bridgehead atoms. The fourth-order valence-electron chi connectivity index (χ4n) is 5.36. The number of rotatable bonds is 6. The monoisotopic (exact) mass is 540 g/mol. The van der Waals surface area contributed by atoms with E-state index in [1.807, 2.05) is 35.6 Å². The summed E-state index contributed by atoms with van der Waals surface area (Å²) < 4.78 is 39.2. The maximum atomic E-state index is 13.9. The van der Waals surface area contributed by atoms with Gasteiger partial charge in [0.05, 0.1) is 11.1 Å². The molecule has 0 radical (unpaired) electrons. The highest BCUT2D eigenvalue weighted by Gasteiger charge is 2.52. The Morgan fingerprint density at radius 1 is 1.05 bits per heavy atom. The Balaban J connectivity index is 1.46. The number of piperidine rings is 1. The highest BCUT2D eigenvalue weighted by atomic mass is 19.4. The number of hydrogen-bond acceptors (Lipinski definition) is 6. The van der Waals surface area contributed by atoms with Crippen molar-refractivity contribution in [2.75, 3.05) is 36.8 Å². The molecule has 1 fully saturated rings. The molecule has 3 N–H and O–H groups in total. The van der Waals surface area contributed by atoms with Crippen LogP contribution in [0.4, 0.5) is 24.7 Å². The van der Waals surface area contributed by atoms with Gasteiger partial charge in [-0.05, 0) is 61.3 Å². The molecule has 2 aromatic carbocycles. The number of hydrogen-bond donors (Lipinski definition) is 2. The average molecular weight is 541 g/mol. The Kier molecular flexibility index (Phi) is 6.89. The number of nitrogens with one attached hydrogen (secondary N) is 1. The van der Waals surface area contributed by atoms with Crippen molar-refractivity contribution >= 4 is 23.3 Å². The summed E-state index contributed by atoms with van der Waals surface area (Å²) in [5, 5.41) is 1.84. The molecule has 0 atom stereocenters. The van der Waals surface area contributed by atoms with E-state index in [-0.39, 0.29) is 11.7 Å². The van der Waals surface area contributed by atoms with Gasteiger partial charge in [-0.2, -0.15) is 18.2 Å². The lowest BCUT2D eigenvalue weighted by atomic mass is 9.73. The van der Waals surface area contributed by atoms with E-state index in [0.717, 1.165) is 5.56 Å². The highest BCUT2D eigenvalue weighted by molar-refractivity contribution is 6.11. The Bertz CT molecular complexity index is 1450. The van der Waals surface area contributed by atoms with Gasteiger partial charge in [0.2, 0.25) is 11.8 Å². The minimum absolute atomic E-state index is 0.0749. The molecule has 2 amide bonds. The summed E-state index contributed by atoms with van der Waals surface area (Å²) in [5.41, 5.74) is 6.75. The number of alkyl halides is 3. The SMILES string of the molecule is Nc1ccn(-c2ccc3c(c2)C2(CCN(Cc4ccccc4)CC2)C(=O)N3CC(=O)NCC(F)(F)F)c(=O)n1. The van der Waals surface area contributed by atoms with E-state index in [4.69, 9.17) is 5.73 Å². The highest BCUT2D eigenvalue weighted by Crippen LogP contribution is 2.48. The van der Waals surface area contributed by atoms with Gasteiger partial charge < -0.3 is 16.0 Å². The fourth-order valence-corrected chi connectivity index (χ4v) is 5.36. The maximum Gasteiger partial charge on any atom is 0.405 e. The number of fused-ring (bicyclic) bond motifs is 2. The zero-order valence-corrected chi connectivity index (χ0v) is 20.9. The summed E-state index contributed by atoms with van der Waals surface area (Å²) in [5.74, 6) is -1.17. The van der Waals surface area contributed by atoms with Crippen LogP contribution in [0, 0.1) is 0 Å². The first kappa shape index (κ1) is 26.4. The van der Waals surface area contributed by atoms with Crippen LogP contribution in [0.25, 0.3) is 5.69 Å².